The van der Waals surface area contributed by atoms with E-state index < -0.39 is 53.0 Å². The number of nitrogens with zero attached hydrogens (tertiary/aromatic N) is 4. The summed E-state index contributed by atoms with van der Waals surface area (Å²) in [7, 11) is 0. The van der Waals surface area contributed by atoms with Gasteiger partial charge in [0.25, 0.3) is 17.5 Å². The van der Waals surface area contributed by atoms with E-state index in [1.807, 2.05) is 0 Å². The molecule has 1 aliphatic carbocycles. The Balaban J connectivity index is 0.000000296. The van der Waals surface area contributed by atoms with Gasteiger partial charge in [-0.05, 0) is 30.0 Å². The molecule has 1 aliphatic rings. The second kappa shape index (κ2) is 12.8. The van der Waals surface area contributed by atoms with Crippen molar-refractivity contribution in [2.75, 3.05) is 11.1 Å². The number of hydrogen-bond acceptors (Lipinski definition) is 7. The molecule has 0 spiro atoms. The van der Waals surface area contributed by atoms with E-state index in [4.69, 9.17) is 5.73 Å². The van der Waals surface area contributed by atoms with Gasteiger partial charge in [0.15, 0.2) is 5.82 Å². The molecule has 230 valence electrons. The average Bonchev–Trinajstić information content (AvgIpc) is 3.63. The van der Waals surface area contributed by atoms with Crippen molar-refractivity contribution in [3.63, 3.8) is 0 Å². The van der Waals surface area contributed by atoms with Crippen LogP contribution in [0.3, 0.4) is 0 Å². The van der Waals surface area contributed by atoms with Crippen LogP contribution in [0.5, 0.6) is 0 Å². The van der Waals surface area contributed by atoms with Crippen LogP contribution < -0.4 is 22.2 Å². The normalized spacial score (nSPS) is 16.2. The number of rotatable bonds is 8. The summed E-state index contributed by atoms with van der Waals surface area (Å²) in [5, 5.41) is 8.10. The molecule has 9 nitrogen and oxygen atoms in total. The number of nitrogens with one attached hydrogen (secondary N) is 2. The van der Waals surface area contributed by atoms with Crippen LogP contribution >= 0.6 is 0 Å². The average molecular weight is 614 g/mol. The highest BCUT2D eigenvalue weighted by Crippen LogP contribution is 2.34. The van der Waals surface area contributed by atoms with Gasteiger partial charge in [0, 0.05) is 25.4 Å². The quantitative estimate of drug-likeness (QED) is 0.174. The molecule has 3 heterocycles. The Morgan fingerprint density at radius 2 is 1.91 bits per heavy atom. The molecule has 0 amide bonds. The highest BCUT2D eigenvalue weighted by atomic mass is 19.4. The van der Waals surface area contributed by atoms with Gasteiger partial charge in [-0.1, -0.05) is 19.8 Å². The number of benzene rings is 1. The van der Waals surface area contributed by atoms with Crippen LogP contribution in [-0.4, -0.2) is 36.9 Å². The van der Waals surface area contributed by atoms with Crippen LogP contribution in [0.4, 0.5) is 42.2 Å². The van der Waals surface area contributed by atoms with Crippen LogP contribution in [0.2, 0.25) is 0 Å². The molecule has 4 aromatic rings. The Bertz CT molecular complexity index is 1720. The maximum atomic E-state index is 14.9. The minimum atomic E-state index is -4.74. The molecule has 16 heteroatoms. The van der Waals surface area contributed by atoms with Gasteiger partial charge in [-0.3, -0.25) is 9.59 Å². The monoisotopic (exact) mass is 613 g/mol. The third kappa shape index (κ3) is 7.29. The number of H-pyrrole nitrogens is 1. The molecule has 2 atom stereocenters. The summed E-state index contributed by atoms with van der Waals surface area (Å²) >= 11 is 0. The molecule has 5 rings (SSSR count). The number of aromatic nitrogens is 5. The second-order valence-corrected chi connectivity index (χ2v) is 9.77. The van der Waals surface area contributed by atoms with Gasteiger partial charge >= 0.3 is 6.18 Å². The highest BCUT2D eigenvalue weighted by Gasteiger charge is 2.39. The van der Waals surface area contributed by atoms with Crippen molar-refractivity contribution < 1.29 is 30.7 Å². The van der Waals surface area contributed by atoms with E-state index in [1.165, 1.54) is 6.07 Å². The maximum Gasteiger partial charge on any atom is 0.423 e. The first-order chi connectivity index (χ1) is 20.3. The van der Waals surface area contributed by atoms with E-state index in [0.717, 1.165) is 37.7 Å². The van der Waals surface area contributed by atoms with Crippen LogP contribution in [0.15, 0.2) is 46.4 Å². The molecule has 0 saturated heterocycles. The van der Waals surface area contributed by atoms with Crippen molar-refractivity contribution in [3.05, 3.63) is 74.4 Å². The van der Waals surface area contributed by atoms with E-state index >= 15 is 0 Å². The zero-order chi connectivity index (χ0) is 31.5. The standard InChI is InChI=1S/C22H22F4N4O.C5H4F3N3O/c1-2-3-4-6-30-7-5-12-8-14(16(23)9-13(12)22(30)31)20-27-11-15(19(25)26)21(29-20)28-18-10-17(18)24;6-5(7,8)3-2(9)1-10-11-4(3)12/h5,7-9,11,17-19H,2-4,6,10H2,1H3,(H,27,28,29);1H,(H3,9,11,12). The lowest BCUT2D eigenvalue weighted by atomic mass is 10.1. The fourth-order valence-electron chi connectivity index (χ4n) is 4.17. The summed E-state index contributed by atoms with van der Waals surface area (Å²) in [6, 6.07) is 3.67. The maximum absolute atomic E-state index is 14.9. The SMILES string of the molecule is CCCCCn1ccc2cc(-c3ncc(C(F)F)c(NC4CC4F)n3)c(F)cc2c1=O.Nc1cn[nH]c(=O)c1C(F)(F)F. The number of alkyl halides is 6. The molecule has 4 N–H and O–H groups in total. The fourth-order valence-corrected chi connectivity index (χ4v) is 4.17. The Morgan fingerprint density at radius 3 is 2.49 bits per heavy atom. The Hall–Kier alpha value is -4.50. The summed E-state index contributed by atoms with van der Waals surface area (Å²) < 4.78 is 92.2. The summed E-state index contributed by atoms with van der Waals surface area (Å²) in [5.74, 6) is -1.06. The molecule has 0 aliphatic heterocycles. The second-order valence-electron chi connectivity index (χ2n) is 9.77. The molecule has 43 heavy (non-hydrogen) atoms. The summed E-state index contributed by atoms with van der Waals surface area (Å²) in [4.78, 5) is 31.2. The lowest BCUT2D eigenvalue weighted by Crippen LogP contribution is -2.24. The first-order valence-electron chi connectivity index (χ1n) is 13.1. The smallest absolute Gasteiger partial charge is 0.397 e. The van der Waals surface area contributed by atoms with Crippen molar-refractivity contribution in [2.24, 2.45) is 0 Å². The largest absolute Gasteiger partial charge is 0.423 e. The number of anilines is 2. The van der Waals surface area contributed by atoms with Gasteiger partial charge in [0.2, 0.25) is 0 Å². The number of nitrogen functional groups attached to an aromatic ring is 1. The number of pyridine rings is 1. The lowest BCUT2D eigenvalue weighted by molar-refractivity contribution is -0.138. The predicted octanol–water partition coefficient (Wildman–Crippen LogP) is 5.62. The number of hydrogen-bond donors (Lipinski definition) is 3. The van der Waals surface area contributed by atoms with Crippen molar-refractivity contribution in [1.82, 2.24) is 24.7 Å². The summed E-state index contributed by atoms with van der Waals surface area (Å²) in [5.41, 5.74) is 0.706. The van der Waals surface area contributed by atoms with Crippen LogP contribution in [0.1, 0.15) is 50.2 Å². The molecule has 0 radical (unpaired) electrons. The summed E-state index contributed by atoms with van der Waals surface area (Å²) in [6.45, 7) is 2.62. The van der Waals surface area contributed by atoms with E-state index in [9.17, 15) is 40.3 Å². The van der Waals surface area contributed by atoms with Crippen LogP contribution in [-0.2, 0) is 12.7 Å². The molecular formula is C27H26F7N7O2. The number of fused-ring (bicyclic) bond motifs is 1. The first-order valence-corrected chi connectivity index (χ1v) is 13.1. The molecule has 1 aromatic carbocycles. The fraction of sp³-hybridized carbons (Fsp3) is 0.370. The number of halogens is 7. The number of aromatic amines is 1. The minimum Gasteiger partial charge on any atom is -0.397 e. The number of unbranched alkanes of at least 4 members (excludes halogenated alkanes) is 2. The Kier molecular flexibility index (Phi) is 9.35. The number of nitrogens with two attached hydrogens (primary N) is 1. The Morgan fingerprint density at radius 1 is 1.19 bits per heavy atom. The predicted molar refractivity (Wildman–Crippen MR) is 145 cm³/mol. The third-order valence-electron chi connectivity index (χ3n) is 6.56. The molecule has 1 fully saturated rings. The number of aryl methyl sites for hydroxylation is 1. The molecule has 1 saturated carbocycles. The zero-order valence-corrected chi connectivity index (χ0v) is 22.6. The first kappa shape index (κ1) is 31.4. The van der Waals surface area contributed by atoms with E-state index in [0.29, 0.717) is 11.9 Å². The van der Waals surface area contributed by atoms with Crippen molar-refractivity contribution in [3.8, 4) is 11.4 Å². The van der Waals surface area contributed by atoms with Crippen molar-refractivity contribution in [1.29, 1.82) is 0 Å². The molecule has 3 aromatic heterocycles. The van der Waals surface area contributed by atoms with Gasteiger partial charge in [-0.15, -0.1) is 0 Å². The zero-order valence-electron chi connectivity index (χ0n) is 22.6. The van der Waals surface area contributed by atoms with Gasteiger partial charge < -0.3 is 15.6 Å². The van der Waals surface area contributed by atoms with E-state index in [1.54, 1.807) is 21.9 Å². The van der Waals surface area contributed by atoms with E-state index in [2.05, 4.69) is 27.3 Å². The van der Waals surface area contributed by atoms with Crippen LogP contribution in [0.25, 0.3) is 22.2 Å². The van der Waals surface area contributed by atoms with Gasteiger partial charge in [0.05, 0.1) is 34.4 Å². The van der Waals surface area contributed by atoms with Gasteiger partial charge in [-0.2, -0.15) is 18.3 Å². The topological polar surface area (TPSA) is 132 Å². The van der Waals surface area contributed by atoms with Crippen LogP contribution in [0, 0.1) is 5.82 Å². The van der Waals surface area contributed by atoms with E-state index in [-0.39, 0.29) is 34.6 Å². The van der Waals surface area contributed by atoms with Gasteiger partial charge in [-0.25, -0.2) is 32.6 Å². The lowest BCUT2D eigenvalue weighted by Gasteiger charge is -2.12. The Labute approximate surface area is 239 Å². The molecular weight excluding hydrogens is 587 g/mol. The summed E-state index contributed by atoms with van der Waals surface area (Å²) in [6.07, 6.45) is -2.34. The molecule has 2 unspecified atom stereocenters. The third-order valence-corrected chi connectivity index (χ3v) is 6.56. The highest BCUT2D eigenvalue weighted by molar-refractivity contribution is 5.86. The molecule has 0 bridgehead atoms. The minimum absolute atomic E-state index is 0.0212. The van der Waals surface area contributed by atoms with Crippen molar-refractivity contribution in [2.45, 2.75) is 64.0 Å². The van der Waals surface area contributed by atoms with Gasteiger partial charge in [0.1, 0.15) is 23.4 Å². The van der Waals surface area contributed by atoms with Crippen molar-refractivity contribution >= 4 is 22.3 Å².